The molecule has 1 aliphatic heterocycles. The zero-order chi connectivity index (χ0) is 9.26. The van der Waals surface area contributed by atoms with Gasteiger partial charge >= 0.3 is 0 Å². The Balaban J connectivity index is 2.27. The van der Waals surface area contributed by atoms with Crippen molar-refractivity contribution in [1.29, 1.82) is 0 Å². The molecule has 0 unspecified atom stereocenters. The van der Waals surface area contributed by atoms with E-state index in [1.807, 2.05) is 0 Å². The maximum Gasteiger partial charge on any atom is 0.123 e. The molecule has 0 aromatic heterocycles. The van der Waals surface area contributed by atoms with Crippen molar-refractivity contribution in [2.24, 2.45) is 11.7 Å². The van der Waals surface area contributed by atoms with Crippen LogP contribution in [0.25, 0.3) is 0 Å². The van der Waals surface area contributed by atoms with Crippen LogP contribution in [0.5, 0.6) is 5.75 Å². The molecule has 0 saturated carbocycles. The normalized spacial score (nSPS) is 20.6. The summed E-state index contributed by atoms with van der Waals surface area (Å²) in [5.41, 5.74) is 6.46. The lowest BCUT2D eigenvalue weighted by atomic mass is 9.97. The first-order valence-corrected chi connectivity index (χ1v) is 4.41. The lowest BCUT2D eigenvalue weighted by Gasteiger charge is -2.23. The highest BCUT2D eigenvalue weighted by atomic mass is 19.1. The second kappa shape index (κ2) is 3.34. The number of halogens is 1. The van der Waals surface area contributed by atoms with Crippen LogP contribution >= 0.6 is 0 Å². The lowest BCUT2D eigenvalue weighted by Crippen LogP contribution is -2.27. The van der Waals surface area contributed by atoms with Crippen LogP contribution < -0.4 is 10.5 Å². The molecular formula is C10H12FNO. The van der Waals surface area contributed by atoms with E-state index in [1.54, 1.807) is 6.07 Å². The third-order valence-electron chi connectivity index (χ3n) is 2.34. The molecule has 1 heterocycles. The monoisotopic (exact) mass is 181 g/mol. The van der Waals surface area contributed by atoms with E-state index in [0.29, 0.717) is 19.1 Å². The number of ether oxygens (including phenoxy) is 1. The Hall–Kier alpha value is -1.09. The zero-order valence-electron chi connectivity index (χ0n) is 7.29. The predicted molar refractivity (Wildman–Crippen MR) is 48.1 cm³/mol. The topological polar surface area (TPSA) is 35.2 Å². The molecule has 2 rings (SSSR count). The summed E-state index contributed by atoms with van der Waals surface area (Å²) >= 11 is 0. The Bertz CT molecular complexity index is 314. The van der Waals surface area contributed by atoms with Gasteiger partial charge in [-0.3, -0.25) is 0 Å². The quantitative estimate of drug-likeness (QED) is 0.709. The van der Waals surface area contributed by atoms with Crippen molar-refractivity contribution in [3.8, 4) is 5.75 Å². The van der Waals surface area contributed by atoms with E-state index in [9.17, 15) is 4.39 Å². The van der Waals surface area contributed by atoms with Crippen molar-refractivity contribution in [3.63, 3.8) is 0 Å². The van der Waals surface area contributed by atoms with Gasteiger partial charge in [0.25, 0.3) is 0 Å². The molecule has 0 radical (unpaired) electrons. The molecule has 1 atom stereocenters. The summed E-state index contributed by atoms with van der Waals surface area (Å²) in [7, 11) is 0. The van der Waals surface area contributed by atoms with Gasteiger partial charge in [-0.05, 0) is 36.7 Å². The van der Waals surface area contributed by atoms with Gasteiger partial charge in [-0.25, -0.2) is 4.39 Å². The van der Waals surface area contributed by atoms with Gasteiger partial charge in [-0.2, -0.15) is 0 Å². The molecule has 1 aromatic rings. The molecule has 2 N–H and O–H groups in total. The SMILES string of the molecule is NC[C@H]1COc2ccc(F)cc2C1. The van der Waals surface area contributed by atoms with E-state index in [-0.39, 0.29) is 5.82 Å². The molecule has 1 aromatic carbocycles. The molecule has 1 aliphatic rings. The number of hydrogen-bond acceptors (Lipinski definition) is 2. The van der Waals surface area contributed by atoms with Crippen LogP contribution in [0.15, 0.2) is 18.2 Å². The first-order chi connectivity index (χ1) is 6.29. The summed E-state index contributed by atoms with van der Waals surface area (Å²) in [6, 6.07) is 4.62. The smallest absolute Gasteiger partial charge is 0.123 e. The van der Waals surface area contributed by atoms with E-state index in [0.717, 1.165) is 17.7 Å². The van der Waals surface area contributed by atoms with Gasteiger partial charge in [0.1, 0.15) is 11.6 Å². The molecule has 13 heavy (non-hydrogen) atoms. The second-order valence-corrected chi connectivity index (χ2v) is 3.37. The molecule has 0 saturated heterocycles. The summed E-state index contributed by atoms with van der Waals surface area (Å²) in [6.07, 6.45) is 0.823. The third-order valence-corrected chi connectivity index (χ3v) is 2.34. The summed E-state index contributed by atoms with van der Waals surface area (Å²) < 4.78 is 18.3. The minimum Gasteiger partial charge on any atom is -0.493 e. The fourth-order valence-electron chi connectivity index (χ4n) is 1.58. The Morgan fingerprint density at radius 3 is 3.15 bits per heavy atom. The summed E-state index contributed by atoms with van der Waals surface area (Å²) in [5.74, 6) is 0.917. The van der Waals surface area contributed by atoms with E-state index in [4.69, 9.17) is 10.5 Å². The predicted octanol–water partition coefficient (Wildman–Crippen LogP) is 1.34. The minimum absolute atomic E-state index is 0.208. The third kappa shape index (κ3) is 1.65. The van der Waals surface area contributed by atoms with Crippen molar-refractivity contribution in [3.05, 3.63) is 29.6 Å². The van der Waals surface area contributed by atoms with Crippen LogP contribution in [0.3, 0.4) is 0 Å². The Morgan fingerprint density at radius 1 is 1.54 bits per heavy atom. The van der Waals surface area contributed by atoms with E-state index >= 15 is 0 Å². The molecule has 0 amide bonds. The molecule has 0 aliphatic carbocycles. The van der Waals surface area contributed by atoms with Crippen LogP contribution in [0.1, 0.15) is 5.56 Å². The molecule has 0 bridgehead atoms. The van der Waals surface area contributed by atoms with Crippen LogP contribution in [0.2, 0.25) is 0 Å². The zero-order valence-corrected chi connectivity index (χ0v) is 7.29. The maximum absolute atomic E-state index is 12.8. The molecule has 2 nitrogen and oxygen atoms in total. The molecular weight excluding hydrogens is 169 g/mol. The van der Waals surface area contributed by atoms with Gasteiger partial charge in [0.05, 0.1) is 6.61 Å². The number of rotatable bonds is 1. The van der Waals surface area contributed by atoms with Crippen LogP contribution in [0.4, 0.5) is 4.39 Å². The van der Waals surface area contributed by atoms with Gasteiger partial charge < -0.3 is 10.5 Å². The highest BCUT2D eigenvalue weighted by Gasteiger charge is 2.18. The van der Waals surface area contributed by atoms with E-state index in [1.165, 1.54) is 12.1 Å². The molecule has 3 heteroatoms. The van der Waals surface area contributed by atoms with Crippen molar-refractivity contribution < 1.29 is 9.13 Å². The lowest BCUT2D eigenvalue weighted by molar-refractivity contribution is 0.226. The average Bonchev–Trinajstić information content (AvgIpc) is 2.16. The highest BCUT2D eigenvalue weighted by molar-refractivity contribution is 5.35. The van der Waals surface area contributed by atoms with E-state index < -0.39 is 0 Å². The maximum atomic E-state index is 12.8. The fourth-order valence-corrected chi connectivity index (χ4v) is 1.58. The fraction of sp³-hybridized carbons (Fsp3) is 0.400. The Labute approximate surface area is 76.5 Å². The highest BCUT2D eigenvalue weighted by Crippen LogP contribution is 2.27. The number of nitrogens with two attached hydrogens (primary N) is 1. The largest absolute Gasteiger partial charge is 0.493 e. The average molecular weight is 181 g/mol. The first kappa shape index (κ1) is 8.51. The Kier molecular flexibility index (Phi) is 2.19. The summed E-state index contributed by atoms with van der Waals surface area (Å²) in [6.45, 7) is 1.24. The molecule has 70 valence electrons. The summed E-state index contributed by atoms with van der Waals surface area (Å²) in [4.78, 5) is 0. The standard InChI is InChI=1S/C10H12FNO/c11-9-1-2-10-8(4-9)3-7(5-12)6-13-10/h1-2,4,7H,3,5-6,12H2/t7-/m0/s1. The minimum atomic E-state index is -0.208. The van der Waals surface area contributed by atoms with E-state index in [2.05, 4.69) is 0 Å². The van der Waals surface area contributed by atoms with Crippen molar-refractivity contribution in [2.75, 3.05) is 13.2 Å². The van der Waals surface area contributed by atoms with Crippen LogP contribution in [-0.4, -0.2) is 13.2 Å². The molecule has 0 fully saturated rings. The van der Waals surface area contributed by atoms with Crippen LogP contribution in [-0.2, 0) is 6.42 Å². The second-order valence-electron chi connectivity index (χ2n) is 3.37. The van der Waals surface area contributed by atoms with Crippen LogP contribution in [0, 0.1) is 11.7 Å². The van der Waals surface area contributed by atoms with Gasteiger partial charge in [0, 0.05) is 5.92 Å². The molecule has 0 spiro atoms. The van der Waals surface area contributed by atoms with Gasteiger partial charge in [-0.1, -0.05) is 0 Å². The van der Waals surface area contributed by atoms with Crippen molar-refractivity contribution in [2.45, 2.75) is 6.42 Å². The first-order valence-electron chi connectivity index (χ1n) is 4.41. The number of fused-ring (bicyclic) bond motifs is 1. The number of benzene rings is 1. The van der Waals surface area contributed by atoms with Gasteiger partial charge in [-0.15, -0.1) is 0 Å². The summed E-state index contributed by atoms with van der Waals surface area (Å²) in [5, 5.41) is 0. The van der Waals surface area contributed by atoms with Gasteiger partial charge in [0.2, 0.25) is 0 Å². The Morgan fingerprint density at radius 2 is 2.38 bits per heavy atom. The van der Waals surface area contributed by atoms with Crippen molar-refractivity contribution in [1.82, 2.24) is 0 Å². The van der Waals surface area contributed by atoms with Crippen molar-refractivity contribution >= 4 is 0 Å². The van der Waals surface area contributed by atoms with Gasteiger partial charge in [0.15, 0.2) is 0 Å². The number of hydrogen-bond donors (Lipinski definition) is 1.